The Bertz CT molecular complexity index is 871. The number of aryl methyl sites for hydroxylation is 1. The van der Waals surface area contributed by atoms with Crippen LogP contribution in [-0.2, 0) is 19.4 Å². The van der Waals surface area contributed by atoms with Gasteiger partial charge < -0.3 is 18.6 Å². The molecule has 25 heavy (non-hydrogen) atoms. The smallest absolute Gasteiger partial charge is 0.230 e. The third-order valence-corrected chi connectivity index (χ3v) is 4.62. The van der Waals surface area contributed by atoms with Crippen molar-refractivity contribution in [3.05, 3.63) is 53.7 Å². The summed E-state index contributed by atoms with van der Waals surface area (Å²) in [7, 11) is 3.25. The first-order chi connectivity index (χ1) is 12.3. The Labute approximate surface area is 145 Å². The fourth-order valence-corrected chi connectivity index (χ4v) is 3.26. The molecule has 0 radical (unpaired) electrons. The lowest BCUT2D eigenvalue weighted by atomic mass is 9.96. The highest BCUT2D eigenvalue weighted by atomic mass is 16.5. The van der Waals surface area contributed by atoms with Crippen LogP contribution in [-0.4, -0.2) is 33.9 Å². The Hall–Kier alpha value is -2.83. The highest BCUT2D eigenvalue weighted by molar-refractivity contribution is 5.43. The van der Waals surface area contributed by atoms with Crippen LogP contribution < -0.4 is 9.47 Å². The van der Waals surface area contributed by atoms with E-state index in [1.807, 2.05) is 30.7 Å². The Kier molecular flexibility index (Phi) is 4.13. The summed E-state index contributed by atoms with van der Waals surface area (Å²) in [6.07, 6.45) is 6.25. The number of rotatable bonds is 5. The van der Waals surface area contributed by atoms with Gasteiger partial charge in [-0.2, -0.15) is 4.98 Å². The number of hydrogen-bond donors (Lipinski definition) is 0. The van der Waals surface area contributed by atoms with Crippen LogP contribution in [0.1, 0.15) is 35.3 Å². The number of benzene rings is 1. The van der Waals surface area contributed by atoms with Gasteiger partial charge >= 0.3 is 0 Å². The molecule has 4 rings (SSSR count). The van der Waals surface area contributed by atoms with Crippen LogP contribution in [0.25, 0.3) is 0 Å². The lowest BCUT2D eigenvalue weighted by Crippen LogP contribution is -2.17. The Morgan fingerprint density at radius 1 is 1.24 bits per heavy atom. The molecule has 0 N–H and O–H groups in total. The molecule has 3 heterocycles. The standard InChI is InChI=1S/C18H20N4O3/c1-23-15-4-3-12(7-16(15)24-2)8-17-20-18(25-21-17)13-5-6-22-11-19-10-14(22)9-13/h3-4,7,10-11,13H,5-6,8-9H2,1-2H3. The van der Waals surface area contributed by atoms with Gasteiger partial charge in [-0.3, -0.25) is 0 Å². The van der Waals surface area contributed by atoms with Gasteiger partial charge in [-0.05, 0) is 24.1 Å². The summed E-state index contributed by atoms with van der Waals surface area (Å²) in [6, 6.07) is 5.81. The second-order valence-corrected chi connectivity index (χ2v) is 6.18. The average molecular weight is 340 g/mol. The second-order valence-electron chi connectivity index (χ2n) is 6.18. The lowest BCUT2D eigenvalue weighted by Gasteiger charge is -2.20. The van der Waals surface area contributed by atoms with E-state index in [0.717, 1.165) is 24.9 Å². The molecule has 7 nitrogen and oxygen atoms in total. The number of hydrogen-bond acceptors (Lipinski definition) is 6. The number of nitrogens with zero attached hydrogens (tertiary/aromatic N) is 4. The minimum atomic E-state index is 0.260. The topological polar surface area (TPSA) is 75.2 Å². The molecule has 7 heteroatoms. The molecule has 3 aromatic rings. The van der Waals surface area contributed by atoms with Crippen LogP contribution in [0.4, 0.5) is 0 Å². The molecule has 130 valence electrons. The van der Waals surface area contributed by atoms with Crippen LogP contribution >= 0.6 is 0 Å². The zero-order valence-electron chi connectivity index (χ0n) is 14.3. The zero-order valence-corrected chi connectivity index (χ0v) is 14.3. The van der Waals surface area contributed by atoms with Gasteiger partial charge in [0.2, 0.25) is 5.89 Å². The molecule has 2 aromatic heterocycles. The lowest BCUT2D eigenvalue weighted by molar-refractivity contribution is 0.323. The van der Waals surface area contributed by atoms with Crippen molar-refractivity contribution in [3.8, 4) is 11.5 Å². The molecule has 0 fully saturated rings. The molecule has 0 saturated carbocycles. The molecule has 0 amide bonds. The molecule has 1 atom stereocenters. The molecule has 0 bridgehead atoms. The van der Waals surface area contributed by atoms with Crippen molar-refractivity contribution in [2.75, 3.05) is 14.2 Å². The van der Waals surface area contributed by atoms with Crippen LogP contribution in [0.5, 0.6) is 11.5 Å². The summed E-state index contributed by atoms with van der Waals surface area (Å²) in [5.41, 5.74) is 2.27. The molecular weight excluding hydrogens is 320 g/mol. The monoisotopic (exact) mass is 340 g/mol. The maximum atomic E-state index is 5.52. The van der Waals surface area contributed by atoms with E-state index in [4.69, 9.17) is 14.0 Å². The summed E-state index contributed by atoms with van der Waals surface area (Å²) in [5, 5.41) is 4.15. The maximum Gasteiger partial charge on any atom is 0.230 e. The van der Waals surface area contributed by atoms with E-state index in [1.165, 1.54) is 5.69 Å². The van der Waals surface area contributed by atoms with E-state index in [9.17, 15) is 0 Å². The van der Waals surface area contributed by atoms with Gasteiger partial charge in [0, 0.05) is 37.2 Å². The second kappa shape index (κ2) is 6.58. The van der Waals surface area contributed by atoms with Crippen LogP contribution in [0.3, 0.4) is 0 Å². The number of ether oxygens (including phenoxy) is 2. The molecule has 1 unspecified atom stereocenters. The SMILES string of the molecule is COc1ccc(Cc2noc(C3CCn4cncc4C3)n2)cc1OC. The van der Waals surface area contributed by atoms with Gasteiger partial charge in [0.25, 0.3) is 0 Å². The molecule has 1 aromatic carbocycles. The summed E-state index contributed by atoms with van der Waals surface area (Å²) < 4.78 is 18.3. The van der Waals surface area contributed by atoms with E-state index >= 15 is 0 Å². The van der Waals surface area contributed by atoms with Gasteiger partial charge in [-0.25, -0.2) is 4.98 Å². The highest BCUT2D eigenvalue weighted by Gasteiger charge is 2.25. The van der Waals surface area contributed by atoms with Crippen molar-refractivity contribution in [2.45, 2.75) is 31.7 Å². The van der Waals surface area contributed by atoms with Gasteiger partial charge in [0.05, 0.1) is 20.5 Å². The summed E-state index contributed by atoms with van der Waals surface area (Å²) >= 11 is 0. The van der Waals surface area contributed by atoms with Crippen molar-refractivity contribution in [1.82, 2.24) is 19.7 Å². The van der Waals surface area contributed by atoms with Crippen molar-refractivity contribution >= 4 is 0 Å². The van der Waals surface area contributed by atoms with E-state index < -0.39 is 0 Å². The van der Waals surface area contributed by atoms with E-state index in [2.05, 4.69) is 19.7 Å². The van der Waals surface area contributed by atoms with Crippen molar-refractivity contribution in [2.24, 2.45) is 0 Å². The quantitative estimate of drug-likeness (QED) is 0.711. The first kappa shape index (κ1) is 15.7. The number of imidazole rings is 1. The van der Waals surface area contributed by atoms with E-state index in [0.29, 0.717) is 29.6 Å². The van der Waals surface area contributed by atoms with Crippen molar-refractivity contribution in [3.63, 3.8) is 0 Å². The van der Waals surface area contributed by atoms with Crippen LogP contribution in [0, 0.1) is 0 Å². The zero-order chi connectivity index (χ0) is 17.2. The summed E-state index contributed by atoms with van der Waals surface area (Å²) in [6.45, 7) is 0.938. The van der Waals surface area contributed by atoms with Crippen molar-refractivity contribution < 1.29 is 14.0 Å². The fourth-order valence-electron chi connectivity index (χ4n) is 3.26. The van der Waals surface area contributed by atoms with Gasteiger partial charge in [0.1, 0.15) is 0 Å². The van der Waals surface area contributed by atoms with Gasteiger partial charge in [-0.1, -0.05) is 11.2 Å². The fraction of sp³-hybridized carbons (Fsp3) is 0.389. The van der Waals surface area contributed by atoms with Gasteiger partial charge in [0.15, 0.2) is 17.3 Å². The van der Waals surface area contributed by atoms with E-state index in [-0.39, 0.29) is 5.92 Å². The Balaban J connectivity index is 1.49. The molecule has 1 aliphatic rings. The average Bonchev–Trinajstić information content (AvgIpc) is 3.30. The molecule has 0 saturated heterocycles. The largest absolute Gasteiger partial charge is 0.493 e. The maximum absolute atomic E-state index is 5.52. The molecule has 0 aliphatic carbocycles. The minimum absolute atomic E-state index is 0.260. The number of methoxy groups -OCH3 is 2. The first-order valence-electron chi connectivity index (χ1n) is 8.29. The van der Waals surface area contributed by atoms with Crippen molar-refractivity contribution in [1.29, 1.82) is 0 Å². The predicted molar refractivity (Wildman–Crippen MR) is 89.9 cm³/mol. The number of fused-ring (bicyclic) bond motifs is 1. The molecule has 0 spiro atoms. The third-order valence-electron chi connectivity index (χ3n) is 4.62. The normalized spacial score (nSPS) is 16.5. The minimum Gasteiger partial charge on any atom is -0.493 e. The molecule has 1 aliphatic heterocycles. The Morgan fingerprint density at radius 3 is 2.96 bits per heavy atom. The molecular formula is C18H20N4O3. The van der Waals surface area contributed by atoms with Crippen LogP contribution in [0.2, 0.25) is 0 Å². The highest BCUT2D eigenvalue weighted by Crippen LogP contribution is 2.30. The summed E-state index contributed by atoms with van der Waals surface area (Å²) in [4.78, 5) is 8.80. The number of aromatic nitrogens is 4. The first-order valence-corrected chi connectivity index (χ1v) is 8.29. The summed E-state index contributed by atoms with van der Waals surface area (Å²) in [5.74, 6) is 3.06. The Morgan fingerprint density at radius 2 is 2.12 bits per heavy atom. The van der Waals surface area contributed by atoms with Crippen LogP contribution in [0.15, 0.2) is 35.2 Å². The predicted octanol–water partition coefficient (Wildman–Crippen LogP) is 2.60. The van der Waals surface area contributed by atoms with Gasteiger partial charge in [-0.15, -0.1) is 0 Å². The van der Waals surface area contributed by atoms with E-state index in [1.54, 1.807) is 14.2 Å². The third kappa shape index (κ3) is 3.09.